The number of anilines is 3. The van der Waals surface area contributed by atoms with Crippen molar-refractivity contribution >= 4 is 27.8 Å². The molecular formula is C33H41N3. The molecule has 188 valence electrons. The number of hydrogen-bond acceptors (Lipinski definition) is 3. The van der Waals surface area contributed by atoms with E-state index in [0.29, 0.717) is 0 Å². The zero-order valence-corrected chi connectivity index (χ0v) is 22.8. The second-order valence-corrected chi connectivity index (χ2v) is 9.57. The summed E-state index contributed by atoms with van der Waals surface area (Å²) in [5.74, 6) is 0.155. The Morgan fingerprint density at radius 3 is 1.39 bits per heavy atom. The van der Waals surface area contributed by atoms with Gasteiger partial charge in [-0.2, -0.15) is 0 Å². The van der Waals surface area contributed by atoms with E-state index in [4.69, 9.17) is 0 Å². The van der Waals surface area contributed by atoms with Gasteiger partial charge in [-0.25, -0.2) is 0 Å². The first-order valence-corrected chi connectivity index (χ1v) is 13.4. The topological polar surface area (TPSA) is 9.72 Å². The van der Waals surface area contributed by atoms with Gasteiger partial charge in [0.15, 0.2) is 0 Å². The maximum Gasteiger partial charge on any atom is 0.0440 e. The quantitative estimate of drug-likeness (QED) is 0.215. The van der Waals surface area contributed by atoms with Gasteiger partial charge >= 0.3 is 0 Å². The van der Waals surface area contributed by atoms with Gasteiger partial charge in [0.2, 0.25) is 0 Å². The minimum absolute atomic E-state index is 0.155. The Balaban J connectivity index is 1.88. The Morgan fingerprint density at radius 1 is 0.528 bits per heavy atom. The van der Waals surface area contributed by atoms with Crippen LogP contribution in [0.2, 0.25) is 0 Å². The fraction of sp³-hybridized carbons (Fsp3) is 0.333. The summed E-state index contributed by atoms with van der Waals surface area (Å²) in [6, 6.07) is 31.9. The number of hydrogen-bond donors (Lipinski definition) is 0. The smallest absolute Gasteiger partial charge is 0.0440 e. The van der Waals surface area contributed by atoms with Crippen LogP contribution in [-0.4, -0.2) is 40.3 Å². The van der Waals surface area contributed by atoms with E-state index in [0.717, 1.165) is 26.2 Å². The molecule has 0 aliphatic carbocycles. The van der Waals surface area contributed by atoms with Gasteiger partial charge in [-0.15, -0.1) is 0 Å². The Hall–Kier alpha value is -3.46. The van der Waals surface area contributed by atoms with Gasteiger partial charge < -0.3 is 14.7 Å². The summed E-state index contributed by atoms with van der Waals surface area (Å²) in [6.07, 6.45) is 0. The molecule has 0 fully saturated rings. The van der Waals surface area contributed by atoms with Crippen molar-refractivity contribution in [3.05, 3.63) is 102 Å². The highest BCUT2D eigenvalue weighted by Crippen LogP contribution is 2.40. The van der Waals surface area contributed by atoms with Crippen LogP contribution in [0.25, 0.3) is 10.8 Å². The van der Waals surface area contributed by atoms with Crippen LogP contribution in [-0.2, 0) is 0 Å². The van der Waals surface area contributed by atoms with Crippen molar-refractivity contribution < 1.29 is 0 Å². The van der Waals surface area contributed by atoms with Crippen LogP contribution >= 0.6 is 0 Å². The van der Waals surface area contributed by atoms with E-state index in [1.54, 1.807) is 0 Å². The maximum atomic E-state index is 2.40. The van der Waals surface area contributed by atoms with E-state index in [-0.39, 0.29) is 5.92 Å². The van der Waals surface area contributed by atoms with Gasteiger partial charge in [0, 0.05) is 68.6 Å². The lowest BCUT2D eigenvalue weighted by atomic mass is 9.82. The third-order valence-corrected chi connectivity index (χ3v) is 7.44. The average molecular weight is 480 g/mol. The summed E-state index contributed by atoms with van der Waals surface area (Å²) in [5.41, 5.74) is 7.82. The van der Waals surface area contributed by atoms with Crippen LogP contribution in [0.5, 0.6) is 0 Å². The summed E-state index contributed by atoms with van der Waals surface area (Å²) in [6.45, 7) is 12.9. The summed E-state index contributed by atoms with van der Waals surface area (Å²) in [5, 5.41) is 2.61. The Bertz CT molecular complexity index is 1200. The molecule has 0 unspecified atom stereocenters. The lowest BCUT2D eigenvalue weighted by Crippen LogP contribution is -2.22. The highest BCUT2D eigenvalue weighted by molar-refractivity contribution is 5.97. The van der Waals surface area contributed by atoms with Gasteiger partial charge in [-0.3, -0.25) is 0 Å². The van der Waals surface area contributed by atoms with Gasteiger partial charge in [0.1, 0.15) is 0 Å². The van der Waals surface area contributed by atoms with E-state index >= 15 is 0 Å². The monoisotopic (exact) mass is 479 g/mol. The maximum absolute atomic E-state index is 2.40. The predicted molar refractivity (Wildman–Crippen MR) is 159 cm³/mol. The van der Waals surface area contributed by atoms with Crippen molar-refractivity contribution in [2.24, 2.45) is 0 Å². The summed E-state index contributed by atoms with van der Waals surface area (Å²) >= 11 is 0. The first-order chi connectivity index (χ1) is 17.5. The lowest BCUT2D eigenvalue weighted by molar-refractivity contribution is 0.863. The predicted octanol–water partition coefficient (Wildman–Crippen LogP) is 7.78. The lowest BCUT2D eigenvalue weighted by Gasteiger charge is -2.26. The van der Waals surface area contributed by atoms with Crippen LogP contribution in [0.4, 0.5) is 17.1 Å². The van der Waals surface area contributed by atoms with Gasteiger partial charge in [-0.1, -0.05) is 54.6 Å². The first-order valence-electron chi connectivity index (χ1n) is 13.4. The fourth-order valence-corrected chi connectivity index (χ4v) is 5.43. The molecule has 0 amide bonds. The zero-order chi connectivity index (χ0) is 25.7. The standard InChI is InChI=1S/C33H41N3/c1-7-35(8-2)27-19-15-25(16-20-27)33(26-17-21-28(22-18-26)36(9-3)10-4)31-23-24-32(34(5)6)30-14-12-11-13-29(30)31/h11-24,33H,7-10H2,1-6H3. The number of benzene rings is 4. The molecule has 0 aliphatic heterocycles. The Labute approximate surface area is 218 Å². The number of nitrogens with zero attached hydrogens (tertiary/aromatic N) is 3. The molecule has 0 heterocycles. The van der Waals surface area contributed by atoms with Crippen LogP contribution in [0.1, 0.15) is 50.3 Å². The van der Waals surface area contributed by atoms with Crippen molar-refractivity contribution in [2.75, 3.05) is 55.0 Å². The van der Waals surface area contributed by atoms with Crippen LogP contribution in [0, 0.1) is 0 Å². The van der Waals surface area contributed by atoms with Crippen molar-refractivity contribution in [3.8, 4) is 0 Å². The average Bonchev–Trinajstić information content (AvgIpc) is 2.92. The van der Waals surface area contributed by atoms with Crippen LogP contribution in [0.3, 0.4) is 0 Å². The van der Waals surface area contributed by atoms with Crippen molar-refractivity contribution in [1.29, 1.82) is 0 Å². The molecule has 0 radical (unpaired) electrons. The molecule has 0 bridgehead atoms. The third-order valence-electron chi connectivity index (χ3n) is 7.44. The molecule has 0 atom stereocenters. The molecule has 4 rings (SSSR count). The fourth-order valence-electron chi connectivity index (χ4n) is 5.43. The van der Waals surface area contributed by atoms with E-state index in [9.17, 15) is 0 Å². The molecule has 0 N–H and O–H groups in total. The third kappa shape index (κ3) is 5.06. The van der Waals surface area contributed by atoms with Crippen molar-refractivity contribution in [3.63, 3.8) is 0 Å². The molecule has 3 nitrogen and oxygen atoms in total. The number of rotatable bonds is 10. The van der Waals surface area contributed by atoms with Crippen molar-refractivity contribution in [2.45, 2.75) is 33.6 Å². The summed E-state index contributed by atoms with van der Waals surface area (Å²) in [4.78, 5) is 7.01. The minimum Gasteiger partial charge on any atom is -0.377 e. The minimum atomic E-state index is 0.155. The van der Waals surface area contributed by atoms with E-state index in [2.05, 4.69) is 141 Å². The zero-order valence-electron chi connectivity index (χ0n) is 22.8. The molecule has 0 saturated heterocycles. The SMILES string of the molecule is CCN(CC)c1ccc(C(c2ccc(N(CC)CC)cc2)c2ccc(N(C)C)c3ccccc23)cc1. The highest BCUT2D eigenvalue weighted by atomic mass is 15.1. The van der Waals surface area contributed by atoms with Crippen molar-refractivity contribution in [1.82, 2.24) is 0 Å². The molecule has 36 heavy (non-hydrogen) atoms. The highest BCUT2D eigenvalue weighted by Gasteiger charge is 2.21. The normalized spacial score (nSPS) is 11.2. The largest absolute Gasteiger partial charge is 0.377 e. The van der Waals surface area contributed by atoms with E-state index in [1.165, 1.54) is 44.5 Å². The van der Waals surface area contributed by atoms with Crippen LogP contribution in [0.15, 0.2) is 84.9 Å². The summed E-state index contributed by atoms with van der Waals surface area (Å²) in [7, 11) is 4.24. The summed E-state index contributed by atoms with van der Waals surface area (Å²) < 4.78 is 0. The molecule has 0 saturated carbocycles. The van der Waals surface area contributed by atoms with E-state index < -0.39 is 0 Å². The molecule has 4 aromatic rings. The molecule has 0 aliphatic rings. The molecule has 0 aromatic heterocycles. The Kier molecular flexibility index (Phi) is 8.20. The van der Waals surface area contributed by atoms with Gasteiger partial charge in [0.05, 0.1) is 0 Å². The molecular weight excluding hydrogens is 438 g/mol. The van der Waals surface area contributed by atoms with Crippen LogP contribution < -0.4 is 14.7 Å². The van der Waals surface area contributed by atoms with Gasteiger partial charge in [-0.05, 0) is 80.1 Å². The second kappa shape index (κ2) is 11.5. The Morgan fingerprint density at radius 2 is 0.972 bits per heavy atom. The molecule has 4 aromatic carbocycles. The van der Waals surface area contributed by atoms with Gasteiger partial charge in [0.25, 0.3) is 0 Å². The molecule has 3 heteroatoms. The molecule has 0 spiro atoms. The van der Waals surface area contributed by atoms with E-state index in [1.807, 2.05) is 0 Å². The second-order valence-electron chi connectivity index (χ2n) is 9.57. The first kappa shape index (κ1) is 25.6. The number of fused-ring (bicyclic) bond motifs is 1.